The van der Waals surface area contributed by atoms with Crippen LogP contribution in [0.4, 0.5) is 0 Å². The Morgan fingerprint density at radius 3 is 2.53 bits per heavy atom. The zero-order chi connectivity index (χ0) is 11.4. The number of hydrogen-bond acceptors (Lipinski definition) is 3. The van der Waals surface area contributed by atoms with E-state index in [1.54, 1.807) is 0 Å². The summed E-state index contributed by atoms with van der Waals surface area (Å²) in [6, 6.07) is 1.15. The molecule has 0 aromatic carbocycles. The van der Waals surface area contributed by atoms with Gasteiger partial charge in [0.2, 0.25) is 0 Å². The summed E-state index contributed by atoms with van der Waals surface area (Å²) in [5.41, 5.74) is -0.162. The van der Waals surface area contributed by atoms with E-state index in [0.29, 0.717) is 0 Å². The molecule has 0 bridgehead atoms. The SMILES string of the molecule is O=C(O)CCn1[nH]c(CC(=O)O)cc1=O. The van der Waals surface area contributed by atoms with Crippen LogP contribution >= 0.6 is 0 Å². The Morgan fingerprint density at radius 2 is 2.00 bits per heavy atom. The van der Waals surface area contributed by atoms with Crippen molar-refractivity contribution in [3.05, 3.63) is 22.1 Å². The standard InChI is InChI=1S/C8H10N2O5/c11-6-3-5(4-8(14)15)9-10(6)2-1-7(12)13/h3,9H,1-2,4H2,(H,12,13)(H,14,15). The van der Waals surface area contributed by atoms with E-state index >= 15 is 0 Å². The lowest BCUT2D eigenvalue weighted by atomic mass is 10.3. The maximum atomic E-state index is 11.2. The lowest BCUT2D eigenvalue weighted by Crippen LogP contribution is -2.17. The number of carboxylic acids is 2. The fourth-order valence-electron chi connectivity index (χ4n) is 1.11. The number of aromatic nitrogens is 2. The number of hydrogen-bond donors (Lipinski definition) is 3. The van der Waals surface area contributed by atoms with Crippen LogP contribution in [-0.2, 0) is 22.6 Å². The summed E-state index contributed by atoms with van der Waals surface area (Å²) in [7, 11) is 0. The van der Waals surface area contributed by atoms with Crippen LogP contribution < -0.4 is 5.56 Å². The molecule has 7 heteroatoms. The van der Waals surface area contributed by atoms with Crippen molar-refractivity contribution < 1.29 is 19.8 Å². The highest BCUT2D eigenvalue weighted by Gasteiger charge is 2.07. The van der Waals surface area contributed by atoms with Crippen molar-refractivity contribution in [2.24, 2.45) is 0 Å². The van der Waals surface area contributed by atoms with Gasteiger partial charge >= 0.3 is 11.9 Å². The Kier molecular flexibility index (Phi) is 3.27. The lowest BCUT2D eigenvalue weighted by Gasteiger charge is -1.97. The van der Waals surface area contributed by atoms with Crippen LogP contribution in [-0.4, -0.2) is 31.9 Å². The van der Waals surface area contributed by atoms with Crippen molar-refractivity contribution in [3.8, 4) is 0 Å². The van der Waals surface area contributed by atoms with Gasteiger partial charge in [0.25, 0.3) is 5.56 Å². The summed E-state index contributed by atoms with van der Waals surface area (Å²) in [6.07, 6.45) is -0.470. The molecule has 0 aliphatic heterocycles. The van der Waals surface area contributed by atoms with Crippen molar-refractivity contribution in [3.63, 3.8) is 0 Å². The van der Waals surface area contributed by atoms with Crippen molar-refractivity contribution in [2.75, 3.05) is 0 Å². The molecular weight excluding hydrogens is 204 g/mol. The number of aryl methyl sites for hydroxylation is 1. The van der Waals surface area contributed by atoms with E-state index in [4.69, 9.17) is 10.2 Å². The molecule has 0 aliphatic carbocycles. The molecule has 0 atom stereocenters. The van der Waals surface area contributed by atoms with E-state index in [9.17, 15) is 14.4 Å². The molecule has 1 heterocycles. The quantitative estimate of drug-likeness (QED) is 0.598. The Labute approximate surface area is 83.9 Å². The predicted molar refractivity (Wildman–Crippen MR) is 48.6 cm³/mol. The normalized spacial score (nSPS) is 10.1. The van der Waals surface area contributed by atoms with E-state index in [1.807, 2.05) is 0 Å². The van der Waals surface area contributed by atoms with Gasteiger partial charge in [-0.2, -0.15) is 0 Å². The number of carboxylic acid groups (broad SMARTS) is 2. The third-order valence-corrected chi connectivity index (χ3v) is 1.73. The Hall–Kier alpha value is -2.05. The molecular formula is C8H10N2O5. The zero-order valence-electron chi connectivity index (χ0n) is 7.77. The highest BCUT2D eigenvalue weighted by Crippen LogP contribution is 1.93. The van der Waals surface area contributed by atoms with Gasteiger partial charge in [-0.1, -0.05) is 0 Å². The number of nitrogens with one attached hydrogen (secondary N) is 1. The molecule has 1 aromatic rings. The van der Waals surface area contributed by atoms with Gasteiger partial charge < -0.3 is 10.2 Å². The van der Waals surface area contributed by atoms with Crippen LogP contribution in [0.1, 0.15) is 12.1 Å². The highest BCUT2D eigenvalue weighted by atomic mass is 16.4. The Bertz CT molecular complexity index is 430. The molecule has 0 saturated heterocycles. The average Bonchev–Trinajstić information content (AvgIpc) is 2.41. The van der Waals surface area contributed by atoms with Crippen molar-refractivity contribution in [1.29, 1.82) is 0 Å². The number of rotatable bonds is 5. The molecule has 0 fully saturated rings. The first-order chi connectivity index (χ1) is 6.99. The molecule has 1 aromatic heterocycles. The summed E-state index contributed by atoms with van der Waals surface area (Å²) in [6.45, 7) is 0.00772. The fraction of sp³-hybridized carbons (Fsp3) is 0.375. The van der Waals surface area contributed by atoms with Gasteiger partial charge in [-0.3, -0.25) is 24.2 Å². The monoisotopic (exact) mass is 214 g/mol. The molecule has 15 heavy (non-hydrogen) atoms. The molecule has 82 valence electrons. The minimum Gasteiger partial charge on any atom is -0.481 e. The molecule has 0 saturated carbocycles. The van der Waals surface area contributed by atoms with Gasteiger partial charge in [0, 0.05) is 11.8 Å². The Morgan fingerprint density at radius 1 is 1.33 bits per heavy atom. The first-order valence-electron chi connectivity index (χ1n) is 4.21. The summed E-state index contributed by atoms with van der Waals surface area (Å²) in [4.78, 5) is 31.8. The summed E-state index contributed by atoms with van der Waals surface area (Å²) in [5, 5.41) is 19.4. The van der Waals surface area contributed by atoms with Gasteiger partial charge in [0.15, 0.2) is 0 Å². The number of H-pyrrole nitrogens is 1. The van der Waals surface area contributed by atoms with Gasteiger partial charge in [-0.05, 0) is 0 Å². The third-order valence-electron chi connectivity index (χ3n) is 1.73. The fourth-order valence-corrected chi connectivity index (χ4v) is 1.11. The summed E-state index contributed by atoms with van der Waals surface area (Å²) < 4.78 is 1.08. The van der Waals surface area contributed by atoms with Crippen LogP contribution in [0.2, 0.25) is 0 Å². The maximum absolute atomic E-state index is 11.2. The first kappa shape index (κ1) is 11.0. The lowest BCUT2D eigenvalue weighted by molar-refractivity contribution is -0.138. The van der Waals surface area contributed by atoms with E-state index < -0.39 is 17.5 Å². The molecule has 3 N–H and O–H groups in total. The number of aliphatic carboxylic acids is 2. The van der Waals surface area contributed by atoms with Gasteiger partial charge in [-0.15, -0.1) is 0 Å². The second kappa shape index (κ2) is 4.45. The summed E-state index contributed by atoms with van der Waals surface area (Å²) in [5.74, 6) is -2.07. The molecule has 1 rings (SSSR count). The van der Waals surface area contributed by atoms with Crippen molar-refractivity contribution in [1.82, 2.24) is 9.78 Å². The Balaban J connectivity index is 2.73. The smallest absolute Gasteiger partial charge is 0.309 e. The molecule has 7 nitrogen and oxygen atoms in total. The number of nitrogens with zero attached hydrogens (tertiary/aromatic N) is 1. The first-order valence-corrected chi connectivity index (χ1v) is 4.21. The average molecular weight is 214 g/mol. The molecule has 0 aliphatic rings. The minimum absolute atomic E-state index is 0.00772. The van der Waals surface area contributed by atoms with Gasteiger partial charge in [-0.25, -0.2) is 0 Å². The van der Waals surface area contributed by atoms with E-state index in [0.717, 1.165) is 10.7 Å². The molecule has 0 spiro atoms. The largest absolute Gasteiger partial charge is 0.481 e. The van der Waals surface area contributed by atoms with Gasteiger partial charge in [0.05, 0.1) is 19.4 Å². The second-order valence-electron chi connectivity index (χ2n) is 2.99. The van der Waals surface area contributed by atoms with Gasteiger partial charge in [0.1, 0.15) is 0 Å². The van der Waals surface area contributed by atoms with Crippen LogP contribution in [0.5, 0.6) is 0 Å². The van der Waals surface area contributed by atoms with Crippen molar-refractivity contribution in [2.45, 2.75) is 19.4 Å². The highest BCUT2D eigenvalue weighted by molar-refractivity contribution is 5.69. The number of aromatic amines is 1. The van der Waals surface area contributed by atoms with Crippen molar-refractivity contribution >= 4 is 11.9 Å². The van der Waals surface area contributed by atoms with Crippen LogP contribution in [0.25, 0.3) is 0 Å². The van der Waals surface area contributed by atoms with E-state index in [1.165, 1.54) is 0 Å². The second-order valence-corrected chi connectivity index (χ2v) is 2.99. The van der Waals surface area contributed by atoms with E-state index in [-0.39, 0.29) is 25.1 Å². The van der Waals surface area contributed by atoms with E-state index in [2.05, 4.69) is 5.10 Å². The van der Waals surface area contributed by atoms with Crippen LogP contribution in [0, 0.1) is 0 Å². The topological polar surface area (TPSA) is 112 Å². The predicted octanol–water partition coefficient (Wildman–Crippen LogP) is -0.722. The minimum atomic E-state index is -1.05. The third kappa shape index (κ3) is 3.29. The number of carbonyl (C=O) groups is 2. The van der Waals surface area contributed by atoms with Crippen LogP contribution in [0.3, 0.4) is 0 Å². The van der Waals surface area contributed by atoms with Crippen LogP contribution in [0.15, 0.2) is 10.9 Å². The molecule has 0 radical (unpaired) electrons. The zero-order valence-corrected chi connectivity index (χ0v) is 7.77. The molecule has 0 amide bonds. The molecule has 0 unspecified atom stereocenters. The maximum Gasteiger partial charge on any atom is 0.309 e. The summed E-state index contributed by atoms with van der Waals surface area (Å²) >= 11 is 0.